The molecule has 4 nitrogen and oxygen atoms in total. The molecule has 0 saturated carbocycles. The maximum absolute atomic E-state index is 11.6. The zero-order valence-corrected chi connectivity index (χ0v) is 8.84. The van der Waals surface area contributed by atoms with Gasteiger partial charge in [0.05, 0.1) is 14.2 Å². The second-order valence-corrected chi connectivity index (χ2v) is 6.14. The normalized spacial score (nSPS) is 32.5. The van der Waals surface area contributed by atoms with Crippen LogP contribution >= 0.6 is 7.14 Å². The summed E-state index contributed by atoms with van der Waals surface area (Å²) >= 11 is 0. The van der Waals surface area contributed by atoms with Crippen LogP contribution in [-0.2, 0) is 18.8 Å². The largest absolute Gasteiger partial charge is 0.500 e. The Balaban J connectivity index is 2.87. The minimum atomic E-state index is -2.33. The van der Waals surface area contributed by atoms with Crippen molar-refractivity contribution in [3.63, 3.8) is 0 Å². The van der Waals surface area contributed by atoms with E-state index in [1.54, 1.807) is 12.5 Å². The van der Waals surface area contributed by atoms with Crippen LogP contribution in [0, 0.1) is 5.92 Å². The van der Waals surface area contributed by atoms with Crippen molar-refractivity contribution in [2.24, 2.45) is 5.92 Å². The van der Waals surface area contributed by atoms with Gasteiger partial charge in [0.1, 0.15) is 18.8 Å². The minimum Gasteiger partial charge on any atom is -0.500 e. The molecule has 0 amide bonds. The molecule has 1 aliphatic heterocycles. The van der Waals surface area contributed by atoms with Crippen LogP contribution in [0.5, 0.6) is 0 Å². The van der Waals surface area contributed by atoms with E-state index in [0.717, 1.165) is 0 Å². The van der Waals surface area contributed by atoms with Crippen molar-refractivity contribution in [3.8, 4) is 0 Å². The molecule has 2 atom stereocenters. The SMILES string of the molecule is COC(=O)C1CP(C)(=O)C=C1OC. The van der Waals surface area contributed by atoms with E-state index in [2.05, 4.69) is 4.74 Å². The van der Waals surface area contributed by atoms with Gasteiger partial charge in [-0.3, -0.25) is 4.79 Å². The van der Waals surface area contributed by atoms with Gasteiger partial charge < -0.3 is 14.0 Å². The van der Waals surface area contributed by atoms with Crippen molar-refractivity contribution < 1.29 is 18.8 Å². The molecule has 0 aromatic carbocycles. The van der Waals surface area contributed by atoms with Crippen LogP contribution in [0.3, 0.4) is 0 Å². The molecular formula is C8H13O4P. The third-order valence-electron chi connectivity index (χ3n) is 2.01. The number of rotatable bonds is 2. The van der Waals surface area contributed by atoms with E-state index >= 15 is 0 Å². The van der Waals surface area contributed by atoms with Crippen molar-refractivity contribution in [2.45, 2.75) is 0 Å². The molecule has 0 aromatic heterocycles. The van der Waals surface area contributed by atoms with E-state index < -0.39 is 13.1 Å². The molecule has 0 spiro atoms. The topological polar surface area (TPSA) is 52.6 Å². The highest BCUT2D eigenvalue weighted by Gasteiger charge is 2.37. The highest BCUT2D eigenvalue weighted by Crippen LogP contribution is 2.53. The lowest BCUT2D eigenvalue weighted by Crippen LogP contribution is -2.19. The molecule has 0 N–H and O–H groups in total. The monoisotopic (exact) mass is 204 g/mol. The van der Waals surface area contributed by atoms with Gasteiger partial charge in [-0.15, -0.1) is 0 Å². The minimum absolute atomic E-state index is 0.322. The van der Waals surface area contributed by atoms with E-state index in [1.165, 1.54) is 14.2 Å². The summed E-state index contributed by atoms with van der Waals surface area (Å²) in [5, 5.41) is 0. The molecule has 13 heavy (non-hydrogen) atoms. The number of esters is 1. The van der Waals surface area contributed by atoms with Gasteiger partial charge in [-0.1, -0.05) is 0 Å². The molecular weight excluding hydrogens is 191 g/mol. The molecule has 0 aliphatic carbocycles. The molecule has 0 saturated heterocycles. The molecule has 0 fully saturated rings. The van der Waals surface area contributed by atoms with Gasteiger partial charge in [-0.2, -0.15) is 0 Å². The van der Waals surface area contributed by atoms with Gasteiger partial charge in [-0.05, 0) is 6.66 Å². The summed E-state index contributed by atoms with van der Waals surface area (Å²) in [6.07, 6.45) is 0.322. The average Bonchev–Trinajstić information content (AvgIpc) is 2.39. The van der Waals surface area contributed by atoms with Crippen LogP contribution in [0.25, 0.3) is 0 Å². The molecule has 0 aromatic rings. The zero-order valence-electron chi connectivity index (χ0n) is 7.94. The molecule has 1 rings (SSSR count). The number of carbonyl (C=O) groups is 1. The molecule has 5 heteroatoms. The fourth-order valence-electron chi connectivity index (χ4n) is 1.39. The van der Waals surface area contributed by atoms with Crippen molar-refractivity contribution in [3.05, 3.63) is 11.6 Å². The number of ether oxygens (including phenoxy) is 2. The maximum Gasteiger partial charge on any atom is 0.316 e. The lowest BCUT2D eigenvalue weighted by Gasteiger charge is -2.10. The average molecular weight is 204 g/mol. The standard InChI is InChI=1S/C8H13O4P/c1-11-7-5-13(3,10)4-6(7)8(9)12-2/h5-6H,4H2,1-3H3. The van der Waals surface area contributed by atoms with Crippen molar-refractivity contribution in [2.75, 3.05) is 27.0 Å². The van der Waals surface area contributed by atoms with E-state index in [0.29, 0.717) is 11.9 Å². The molecule has 0 bridgehead atoms. The first-order valence-electron chi connectivity index (χ1n) is 3.91. The Morgan fingerprint density at radius 1 is 1.62 bits per heavy atom. The van der Waals surface area contributed by atoms with Gasteiger partial charge in [0, 0.05) is 12.0 Å². The lowest BCUT2D eigenvalue weighted by atomic mass is 10.1. The third-order valence-corrected chi connectivity index (χ3v) is 3.90. The Hall–Kier alpha value is -0.760. The quantitative estimate of drug-likeness (QED) is 0.502. The summed E-state index contributed by atoms with van der Waals surface area (Å²) < 4.78 is 21.2. The van der Waals surface area contributed by atoms with Crippen LogP contribution in [0.15, 0.2) is 11.6 Å². The van der Waals surface area contributed by atoms with Gasteiger partial charge in [0.15, 0.2) is 0 Å². The number of carbonyl (C=O) groups excluding carboxylic acids is 1. The lowest BCUT2D eigenvalue weighted by molar-refractivity contribution is -0.144. The summed E-state index contributed by atoms with van der Waals surface area (Å²) in [4.78, 5) is 11.2. The van der Waals surface area contributed by atoms with Crippen molar-refractivity contribution >= 4 is 13.1 Å². The smallest absolute Gasteiger partial charge is 0.316 e. The van der Waals surface area contributed by atoms with E-state index in [-0.39, 0.29) is 5.97 Å². The molecule has 2 unspecified atom stereocenters. The first kappa shape index (κ1) is 10.3. The summed E-state index contributed by atoms with van der Waals surface area (Å²) in [6.45, 7) is 1.63. The van der Waals surface area contributed by atoms with Crippen molar-refractivity contribution in [1.29, 1.82) is 0 Å². The van der Waals surface area contributed by atoms with Crippen LogP contribution in [0.4, 0.5) is 0 Å². The Morgan fingerprint density at radius 2 is 2.23 bits per heavy atom. The number of hydrogen-bond acceptors (Lipinski definition) is 4. The summed E-state index contributed by atoms with van der Waals surface area (Å²) in [5.74, 6) is 1.16. The number of methoxy groups -OCH3 is 2. The van der Waals surface area contributed by atoms with Crippen LogP contribution in [0.2, 0.25) is 0 Å². The Morgan fingerprint density at radius 3 is 2.69 bits per heavy atom. The van der Waals surface area contributed by atoms with Crippen molar-refractivity contribution in [1.82, 2.24) is 0 Å². The zero-order chi connectivity index (χ0) is 10.1. The Kier molecular flexibility index (Phi) is 2.81. The predicted octanol–water partition coefficient (Wildman–Crippen LogP) is 1.27. The highest BCUT2D eigenvalue weighted by molar-refractivity contribution is 7.66. The molecule has 1 aliphatic rings. The van der Waals surface area contributed by atoms with Gasteiger partial charge in [0.2, 0.25) is 0 Å². The number of hydrogen-bond donors (Lipinski definition) is 0. The van der Waals surface area contributed by atoms with Crippen LogP contribution in [0.1, 0.15) is 0 Å². The van der Waals surface area contributed by atoms with Crippen LogP contribution in [-0.4, -0.2) is 33.0 Å². The van der Waals surface area contributed by atoms with E-state index in [4.69, 9.17) is 4.74 Å². The highest BCUT2D eigenvalue weighted by atomic mass is 31.2. The summed E-state index contributed by atoms with van der Waals surface area (Å²) in [5.41, 5.74) is 0. The maximum atomic E-state index is 11.6. The second kappa shape index (κ2) is 3.54. The Bertz CT molecular complexity index is 295. The second-order valence-electron chi connectivity index (χ2n) is 3.17. The van der Waals surface area contributed by atoms with Gasteiger partial charge >= 0.3 is 5.97 Å². The first-order valence-corrected chi connectivity index (χ1v) is 6.32. The summed E-state index contributed by atoms with van der Waals surface area (Å²) in [6, 6.07) is 0. The van der Waals surface area contributed by atoms with Crippen LogP contribution < -0.4 is 0 Å². The first-order chi connectivity index (χ1) is 6.00. The summed E-state index contributed by atoms with van der Waals surface area (Å²) in [7, 11) is 0.452. The van der Waals surface area contributed by atoms with Gasteiger partial charge in [0.25, 0.3) is 0 Å². The van der Waals surface area contributed by atoms with E-state index in [1.807, 2.05) is 0 Å². The molecule has 0 radical (unpaired) electrons. The Labute approximate surface area is 77.3 Å². The fraction of sp³-hybridized carbons (Fsp3) is 0.625. The third kappa shape index (κ3) is 2.13. The predicted molar refractivity (Wildman–Crippen MR) is 49.0 cm³/mol. The molecule has 74 valence electrons. The molecule has 1 heterocycles. The fourth-order valence-corrected chi connectivity index (χ4v) is 3.38. The van der Waals surface area contributed by atoms with E-state index in [9.17, 15) is 9.36 Å². The van der Waals surface area contributed by atoms with Gasteiger partial charge in [-0.25, -0.2) is 0 Å².